The van der Waals surface area contributed by atoms with Crippen LogP contribution in [0.15, 0.2) is 41.2 Å². The highest BCUT2D eigenvalue weighted by molar-refractivity contribution is 5.94. The van der Waals surface area contributed by atoms with Gasteiger partial charge in [0.15, 0.2) is 5.60 Å². The molecule has 2 aromatic carbocycles. The van der Waals surface area contributed by atoms with Gasteiger partial charge in [-0.05, 0) is 81.3 Å². The Hall–Kier alpha value is -5.10. The zero-order valence-electron chi connectivity index (χ0n) is 28.0. The largest absolute Gasteiger partial charge is 0.458 e. The maximum Gasteiger partial charge on any atom is 0.412 e. The molecule has 2 aromatic heterocycles. The number of ether oxygens (including phenoxy) is 2. The minimum Gasteiger partial charge on any atom is -0.458 e. The topological polar surface area (TPSA) is 149 Å². The van der Waals surface area contributed by atoms with Crippen molar-refractivity contribution in [2.45, 2.75) is 90.7 Å². The molecule has 1 aliphatic carbocycles. The third-order valence-electron chi connectivity index (χ3n) is 9.72. The Morgan fingerprint density at radius 1 is 1.16 bits per heavy atom. The fourth-order valence-corrected chi connectivity index (χ4v) is 7.33. The van der Waals surface area contributed by atoms with Gasteiger partial charge in [0.05, 0.1) is 41.5 Å². The fraction of sp³-hybridized carbons (Fsp3) is 0.378. The molecule has 2 amide bonds. The van der Waals surface area contributed by atoms with Gasteiger partial charge in [0.25, 0.3) is 5.56 Å². The predicted octanol–water partition coefficient (Wildman–Crippen LogP) is 5.22. The molecule has 3 N–H and O–H groups in total. The third kappa shape index (κ3) is 5.34. The molecule has 2 aliphatic heterocycles. The molecular formula is C37H37FN4O7. The molecule has 4 aromatic rings. The summed E-state index contributed by atoms with van der Waals surface area (Å²) in [6.07, 6.45) is 0.311. The van der Waals surface area contributed by atoms with Crippen LogP contribution in [0.4, 0.5) is 14.9 Å². The van der Waals surface area contributed by atoms with Gasteiger partial charge in [0.2, 0.25) is 5.91 Å². The van der Waals surface area contributed by atoms with Crippen LogP contribution in [0.1, 0.15) is 85.5 Å². The second-order valence-corrected chi connectivity index (χ2v) is 13.9. The Kier molecular flexibility index (Phi) is 7.62. The number of pyridine rings is 2. The Bertz CT molecular complexity index is 2170. The normalized spacial score (nSPS) is 19.1. The van der Waals surface area contributed by atoms with Crippen molar-refractivity contribution < 1.29 is 33.4 Å². The molecule has 49 heavy (non-hydrogen) atoms. The number of benzene rings is 2. The number of cyclic esters (lactones) is 1. The maximum absolute atomic E-state index is 15.3. The number of carbonyl (C=O) groups is 3. The van der Waals surface area contributed by atoms with Crippen LogP contribution < -0.4 is 16.2 Å². The number of esters is 1. The first-order chi connectivity index (χ1) is 23.2. The van der Waals surface area contributed by atoms with E-state index in [0.29, 0.717) is 52.1 Å². The van der Waals surface area contributed by atoms with Crippen molar-refractivity contribution in [3.63, 3.8) is 0 Å². The van der Waals surface area contributed by atoms with Crippen LogP contribution in [-0.2, 0) is 50.7 Å². The van der Waals surface area contributed by atoms with Crippen molar-refractivity contribution in [3.8, 4) is 11.4 Å². The molecule has 2 atom stereocenters. The van der Waals surface area contributed by atoms with Crippen molar-refractivity contribution in [1.29, 1.82) is 0 Å². The van der Waals surface area contributed by atoms with Crippen LogP contribution in [0, 0.1) is 12.7 Å². The maximum atomic E-state index is 15.3. The summed E-state index contributed by atoms with van der Waals surface area (Å²) in [5.41, 5.74) is 2.35. The number of fused-ring (bicyclic) bond motifs is 5. The molecule has 0 fully saturated rings. The van der Waals surface area contributed by atoms with Crippen LogP contribution in [0.3, 0.4) is 0 Å². The van der Waals surface area contributed by atoms with Crippen molar-refractivity contribution in [1.82, 2.24) is 14.9 Å². The SMILES string of the molecule is CC[C@@]1(O)C(=O)OCc2c1cc1n(c2=O)Cc2c-1nc1cc(F)c(C)c3c1c2[C@@H](NC(=O)Cc1ccccc1NC(=O)OC(C)(C)C)CC3. The van der Waals surface area contributed by atoms with E-state index in [2.05, 4.69) is 10.6 Å². The van der Waals surface area contributed by atoms with Crippen LogP contribution in [0.2, 0.25) is 0 Å². The lowest BCUT2D eigenvalue weighted by atomic mass is 9.81. The van der Waals surface area contributed by atoms with E-state index in [1.165, 1.54) is 10.6 Å². The standard InChI is InChI=1S/C37H37FN4O7/c1-6-37(47)23-14-28-32-21(16-42(28)33(44)22(23)17-48-34(37)45)31-26(12-11-20-18(2)24(38)15-27(40-32)30(20)31)39-29(43)13-19-9-7-8-10-25(19)41-35(46)49-36(3,4)5/h7-10,14-15,26,47H,6,11-13,16-17H2,1-5H3,(H,39,43)(H,41,46)/t26-,37-/m0/s1. The first-order valence-corrected chi connectivity index (χ1v) is 16.4. The van der Waals surface area contributed by atoms with E-state index in [1.54, 1.807) is 65.0 Å². The molecule has 7 rings (SSSR count). The molecule has 4 heterocycles. The number of amides is 2. The number of nitrogens with zero attached hydrogens (tertiary/aromatic N) is 2. The lowest BCUT2D eigenvalue weighted by Gasteiger charge is -2.31. The van der Waals surface area contributed by atoms with E-state index >= 15 is 4.39 Å². The number of nitrogens with one attached hydrogen (secondary N) is 2. The number of carbonyl (C=O) groups excluding carboxylic acids is 3. The van der Waals surface area contributed by atoms with Crippen LogP contribution in [0.25, 0.3) is 22.3 Å². The lowest BCUT2D eigenvalue weighted by molar-refractivity contribution is -0.172. The van der Waals surface area contributed by atoms with Crippen LogP contribution in [0.5, 0.6) is 0 Å². The zero-order valence-corrected chi connectivity index (χ0v) is 28.0. The van der Waals surface area contributed by atoms with Gasteiger partial charge in [-0.1, -0.05) is 25.1 Å². The zero-order chi connectivity index (χ0) is 35.0. The van der Waals surface area contributed by atoms with Gasteiger partial charge in [-0.25, -0.2) is 19.0 Å². The van der Waals surface area contributed by atoms with Crippen molar-refractivity contribution in [2.24, 2.45) is 0 Å². The molecule has 0 spiro atoms. The van der Waals surface area contributed by atoms with Gasteiger partial charge in [0, 0.05) is 28.3 Å². The first-order valence-electron chi connectivity index (χ1n) is 16.4. The van der Waals surface area contributed by atoms with Gasteiger partial charge in [-0.15, -0.1) is 0 Å². The smallest absolute Gasteiger partial charge is 0.412 e. The number of hydrogen-bond acceptors (Lipinski definition) is 8. The number of rotatable bonds is 5. The third-order valence-corrected chi connectivity index (χ3v) is 9.72. The summed E-state index contributed by atoms with van der Waals surface area (Å²) in [5, 5.41) is 18.0. The van der Waals surface area contributed by atoms with Gasteiger partial charge < -0.3 is 24.5 Å². The average molecular weight is 669 g/mol. The van der Waals surface area contributed by atoms with E-state index in [-0.39, 0.29) is 43.0 Å². The minimum atomic E-state index is -1.99. The summed E-state index contributed by atoms with van der Waals surface area (Å²) >= 11 is 0. The van der Waals surface area contributed by atoms with Gasteiger partial charge in [-0.2, -0.15) is 0 Å². The Morgan fingerprint density at radius 2 is 1.92 bits per heavy atom. The molecule has 254 valence electrons. The summed E-state index contributed by atoms with van der Waals surface area (Å²) in [6.45, 7) is 8.53. The number of halogens is 1. The Balaban J connectivity index is 1.29. The highest BCUT2D eigenvalue weighted by Crippen LogP contribution is 2.46. The molecule has 0 unspecified atom stereocenters. The van der Waals surface area contributed by atoms with E-state index in [0.717, 1.165) is 16.5 Å². The van der Waals surface area contributed by atoms with Gasteiger partial charge in [-0.3, -0.25) is 14.9 Å². The number of anilines is 1. The monoisotopic (exact) mass is 668 g/mol. The molecule has 0 saturated heterocycles. The van der Waals surface area contributed by atoms with E-state index < -0.39 is 40.7 Å². The number of aromatic nitrogens is 2. The molecule has 0 saturated carbocycles. The number of aliphatic hydroxyl groups is 1. The van der Waals surface area contributed by atoms with Crippen LogP contribution in [-0.4, -0.2) is 38.2 Å². The van der Waals surface area contributed by atoms with Crippen molar-refractivity contribution in [2.75, 3.05) is 5.32 Å². The van der Waals surface area contributed by atoms with E-state index in [4.69, 9.17) is 14.5 Å². The molecular weight excluding hydrogens is 631 g/mol. The van der Waals surface area contributed by atoms with Crippen molar-refractivity contribution >= 4 is 34.6 Å². The minimum absolute atomic E-state index is 0.00333. The van der Waals surface area contributed by atoms with Gasteiger partial charge >= 0.3 is 12.1 Å². The summed E-state index contributed by atoms with van der Waals surface area (Å²) < 4.78 is 27.4. The van der Waals surface area contributed by atoms with Crippen LogP contribution >= 0.6 is 0 Å². The first kappa shape index (κ1) is 32.4. The highest BCUT2D eigenvalue weighted by atomic mass is 19.1. The number of aryl methyl sites for hydroxylation is 1. The fourth-order valence-electron chi connectivity index (χ4n) is 7.33. The summed E-state index contributed by atoms with van der Waals surface area (Å²) in [6, 6.07) is 9.50. The summed E-state index contributed by atoms with van der Waals surface area (Å²) in [4.78, 5) is 57.6. The highest BCUT2D eigenvalue weighted by Gasteiger charge is 2.46. The van der Waals surface area contributed by atoms with Gasteiger partial charge in [0.1, 0.15) is 18.0 Å². The summed E-state index contributed by atoms with van der Waals surface area (Å²) in [7, 11) is 0. The molecule has 3 aliphatic rings. The predicted molar refractivity (Wildman–Crippen MR) is 178 cm³/mol. The number of para-hydroxylation sites is 1. The van der Waals surface area contributed by atoms with Crippen molar-refractivity contribution in [3.05, 3.63) is 91.5 Å². The Morgan fingerprint density at radius 3 is 2.65 bits per heavy atom. The van der Waals surface area contributed by atoms with E-state index in [1.807, 2.05) is 0 Å². The lowest BCUT2D eigenvalue weighted by Crippen LogP contribution is -2.44. The summed E-state index contributed by atoms with van der Waals surface area (Å²) in [5.74, 6) is -1.52. The quantitative estimate of drug-likeness (QED) is 0.216. The Labute approximate surface area is 281 Å². The molecule has 0 radical (unpaired) electrons. The average Bonchev–Trinajstić information content (AvgIpc) is 3.41. The second kappa shape index (κ2) is 11.5. The molecule has 12 heteroatoms. The van der Waals surface area contributed by atoms with E-state index in [9.17, 15) is 24.3 Å². The molecule has 0 bridgehead atoms. The molecule has 11 nitrogen and oxygen atoms in total. The number of hydrogen-bond donors (Lipinski definition) is 3. The second-order valence-electron chi connectivity index (χ2n) is 13.9.